The summed E-state index contributed by atoms with van der Waals surface area (Å²) in [5, 5.41) is 8.98. The van der Waals surface area contributed by atoms with Gasteiger partial charge < -0.3 is 15.3 Å². The molecule has 0 aliphatic carbocycles. The van der Waals surface area contributed by atoms with E-state index in [0.717, 1.165) is 4.48 Å². The van der Waals surface area contributed by atoms with Crippen LogP contribution in [0.1, 0.15) is 48.5 Å². The molecule has 0 aromatic rings. The minimum atomic E-state index is -1.29. The maximum atomic E-state index is 11.7. The normalized spacial score (nSPS) is 21.3. The summed E-state index contributed by atoms with van der Waals surface area (Å²) < 4.78 is 0.808. The Morgan fingerprint density at radius 2 is 1.43 bits per heavy atom. The number of aliphatic carboxylic acids is 1. The summed E-state index contributed by atoms with van der Waals surface area (Å²) in [4.78, 5) is 11.7. The second-order valence-electron chi connectivity index (χ2n) is 9.24. The first-order valence-corrected chi connectivity index (χ1v) is 7.69. The van der Waals surface area contributed by atoms with Gasteiger partial charge in [-0.1, -0.05) is 27.7 Å². The van der Waals surface area contributed by atoms with Crippen molar-refractivity contribution < 1.29 is 14.4 Å². The lowest BCUT2D eigenvalue weighted by Crippen LogP contribution is -2.65. The fraction of sp³-hybridized carbons (Fsp3) is 0.938. The monoisotopic (exact) mass is 299 g/mol. The molecule has 21 heavy (non-hydrogen) atoms. The van der Waals surface area contributed by atoms with Gasteiger partial charge in [-0.25, -0.2) is 0 Å². The minimum absolute atomic E-state index is 0.0185. The zero-order valence-electron chi connectivity index (χ0n) is 16.0. The van der Waals surface area contributed by atoms with Gasteiger partial charge in [0.1, 0.15) is 13.4 Å². The molecular weight excluding hydrogens is 263 g/mol. The third kappa shape index (κ3) is 3.00. The van der Waals surface area contributed by atoms with Crippen LogP contribution in [0.5, 0.6) is 0 Å². The molecule has 0 saturated carbocycles. The first-order chi connectivity index (χ1) is 8.85. The molecular formula is C16H36BN2O2+. The summed E-state index contributed by atoms with van der Waals surface area (Å²) in [6, 6.07) is 0. The van der Waals surface area contributed by atoms with Crippen LogP contribution in [-0.4, -0.2) is 55.6 Å². The van der Waals surface area contributed by atoms with Crippen molar-refractivity contribution in [2.24, 2.45) is 17.1 Å². The molecule has 0 heterocycles. The SMILES string of the molecule is BC(C)(C(C)(N)C(=O)O)C(C)(C)C(C)C(C)(C)[N+](C)(C)C. The lowest BCUT2D eigenvalue weighted by atomic mass is 9.42. The maximum Gasteiger partial charge on any atom is 0.323 e. The highest BCUT2D eigenvalue weighted by Gasteiger charge is 2.58. The summed E-state index contributed by atoms with van der Waals surface area (Å²) in [7, 11) is 8.51. The average Bonchev–Trinajstić information content (AvgIpc) is 2.25. The molecule has 4 nitrogen and oxygen atoms in total. The molecule has 0 bridgehead atoms. The fourth-order valence-electron chi connectivity index (χ4n) is 2.94. The largest absolute Gasteiger partial charge is 0.480 e. The highest BCUT2D eigenvalue weighted by Crippen LogP contribution is 2.57. The van der Waals surface area contributed by atoms with Crippen molar-refractivity contribution in [3.8, 4) is 0 Å². The van der Waals surface area contributed by atoms with Gasteiger partial charge in [-0.05, 0) is 31.5 Å². The van der Waals surface area contributed by atoms with Crippen molar-refractivity contribution in [1.29, 1.82) is 0 Å². The van der Waals surface area contributed by atoms with Crippen LogP contribution in [0.2, 0.25) is 5.31 Å². The predicted octanol–water partition coefficient (Wildman–Crippen LogP) is 1.75. The van der Waals surface area contributed by atoms with Crippen LogP contribution in [0.15, 0.2) is 0 Å². The third-order valence-electron chi connectivity index (χ3n) is 7.22. The van der Waals surface area contributed by atoms with E-state index in [1.807, 2.05) is 14.8 Å². The summed E-state index contributed by atoms with van der Waals surface area (Å²) in [5.74, 6) is -0.682. The predicted molar refractivity (Wildman–Crippen MR) is 92.2 cm³/mol. The molecule has 0 amide bonds. The molecule has 0 rings (SSSR count). The standard InChI is InChI=1S/C16H35BN2O2/c1-11(14(4,5)19(8,9)10)13(2,3)16(7,17)15(6,18)12(20)21/h11H,17-18H2,1-10H3/p+1. The second-order valence-corrected chi connectivity index (χ2v) is 9.24. The van der Waals surface area contributed by atoms with E-state index in [1.54, 1.807) is 6.92 Å². The molecule has 0 spiro atoms. The van der Waals surface area contributed by atoms with Crippen LogP contribution in [0.3, 0.4) is 0 Å². The Hall–Kier alpha value is -0.545. The molecule has 3 N–H and O–H groups in total. The Morgan fingerprint density at radius 1 is 1.10 bits per heavy atom. The van der Waals surface area contributed by atoms with Gasteiger partial charge in [0.2, 0.25) is 0 Å². The molecule has 124 valence electrons. The maximum absolute atomic E-state index is 11.7. The van der Waals surface area contributed by atoms with Crippen molar-refractivity contribution in [2.45, 2.75) is 64.9 Å². The molecule has 0 aromatic heterocycles. The number of hydrogen-bond donors (Lipinski definition) is 2. The molecule has 3 atom stereocenters. The Morgan fingerprint density at radius 3 is 1.67 bits per heavy atom. The molecule has 0 aliphatic heterocycles. The van der Waals surface area contributed by atoms with E-state index in [1.165, 1.54) is 0 Å². The zero-order chi connectivity index (χ0) is 17.7. The van der Waals surface area contributed by atoms with E-state index in [0.29, 0.717) is 0 Å². The van der Waals surface area contributed by atoms with Gasteiger partial charge in [0.05, 0.1) is 26.7 Å². The van der Waals surface area contributed by atoms with E-state index in [2.05, 4.69) is 55.8 Å². The van der Waals surface area contributed by atoms with Crippen LogP contribution in [-0.2, 0) is 4.79 Å². The number of nitrogens with zero attached hydrogens (tertiary/aromatic N) is 1. The highest BCUT2D eigenvalue weighted by atomic mass is 16.4. The number of carbonyl (C=O) groups is 1. The smallest absolute Gasteiger partial charge is 0.323 e. The number of carboxylic acids is 1. The van der Waals surface area contributed by atoms with Gasteiger partial charge in [-0.15, -0.1) is 0 Å². The topological polar surface area (TPSA) is 63.3 Å². The first-order valence-electron chi connectivity index (χ1n) is 7.69. The van der Waals surface area contributed by atoms with Gasteiger partial charge in [0.15, 0.2) is 0 Å². The van der Waals surface area contributed by atoms with E-state index in [-0.39, 0.29) is 16.9 Å². The molecule has 0 fully saturated rings. The van der Waals surface area contributed by atoms with E-state index >= 15 is 0 Å². The van der Waals surface area contributed by atoms with Crippen molar-refractivity contribution in [3.05, 3.63) is 0 Å². The number of carboxylic acid groups (broad SMARTS) is 1. The third-order valence-corrected chi connectivity index (χ3v) is 7.22. The lowest BCUT2D eigenvalue weighted by molar-refractivity contribution is -0.925. The van der Waals surface area contributed by atoms with Crippen molar-refractivity contribution >= 4 is 13.8 Å². The van der Waals surface area contributed by atoms with Crippen molar-refractivity contribution in [1.82, 2.24) is 0 Å². The van der Waals surface area contributed by atoms with Crippen LogP contribution in [0.4, 0.5) is 0 Å². The summed E-state index contributed by atoms with van der Waals surface area (Å²) in [6.45, 7) is 14.6. The van der Waals surface area contributed by atoms with Gasteiger partial charge >= 0.3 is 5.97 Å². The zero-order valence-corrected chi connectivity index (χ0v) is 16.0. The molecule has 0 aromatic carbocycles. The lowest BCUT2D eigenvalue weighted by Gasteiger charge is -2.58. The number of nitrogens with two attached hydrogens (primary N) is 1. The molecule has 3 unspecified atom stereocenters. The van der Waals surface area contributed by atoms with Gasteiger partial charge in [0.25, 0.3) is 0 Å². The molecule has 0 aliphatic rings. The number of hydrogen-bond acceptors (Lipinski definition) is 2. The fourth-order valence-corrected chi connectivity index (χ4v) is 2.94. The van der Waals surface area contributed by atoms with Crippen LogP contribution in [0, 0.1) is 11.3 Å². The van der Waals surface area contributed by atoms with Crippen LogP contribution >= 0.6 is 0 Å². The number of quaternary nitrogens is 1. The summed E-state index contributed by atoms with van der Waals surface area (Å²) >= 11 is 0. The summed E-state index contributed by atoms with van der Waals surface area (Å²) in [5.41, 5.74) is 4.64. The van der Waals surface area contributed by atoms with Crippen molar-refractivity contribution in [2.75, 3.05) is 21.1 Å². The quantitative estimate of drug-likeness (QED) is 0.580. The average molecular weight is 299 g/mol. The van der Waals surface area contributed by atoms with E-state index in [9.17, 15) is 9.90 Å². The second kappa shape index (κ2) is 5.27. The first kappa shape index (κ1) is 20.5. The Labute approximate surface area is 132 Å². The molecule has 5 heteroatoms. The number of rotatable bonds is 6. The van der Waals surface area contributed by atoms with Crippen LogP contribution in [0.25, 0.3) is 0 Å². The Balaban J connectivity index is 5.94. The van der Waals surface area contributed by atoms with Gasteiger partial charge in [0, 0.05) is 5.92 Å². The minimum Gasteiger partial charge on any atom is -0.480 e. The van der Waals surface area contributed by atoms with E-state index in [4.69, 9.17) is 5.73 Å². The Kier molecular flexibility index (Phi) is 5.13. The summed E-state index contributed by atoms with van der Waals surface area (Å²) in [6.07, 6.45) is 0. The van der Waals surface area contributed by atoms with Gasteiger partial charge in [-0.2, -0.15) is 0 Å². The van der Waals surface area contributed by atoms with Crippen molar-refractivity contribution in [3.63, 3.8) is 0 Å². The van der Waals surface area contributed by atoms with Crippen LogP contribution < -0.4 is 5.73 Å². The molecule has 0 radical (unpaired) electrons. The van der Waals surface area contributed by atoms with Gasteiger partial charge in [-0.3, -0.25) is 4.79 Å². The molecule has 0 saturated heterocycles. The Bertz CT molecular complexity index is 407. The van der Waals surface area contributed by atoms with E-state index < -0.39 is 16.8 Å². The highest BCUT2D eigenvalue weighted by molar-refractivity contribution is 6.19.